The van der Waals surface area contributed by atoms with Crippen LogP contribution in [-0.2, 0) is 17.9 Å². The number of piperazine rings is 1. The number of hydrogen-bond acceptors (Lipinski definition) is 5. The number of imide groups is 1. The molecule has 0 aliphatic carbocycles. The molecule has 6 nitrogen and oxygen atoms in total. The molecule has 0 unspecified atom stereocenters. The molecule has 0 N–H and O–H groups in total. The van der Waals surface area contributed by atoms with Crippen molar-refractivity contribution in [3.63, 3.8) is 0 Å². The minimum absolute atomic E-state index is 0.00969. The van der Waals surface area contributed by atoms with E-state index in [1.54, 1.807) is 48.5 Å². The molecule has 2 saturated heterocycles. The Hall–Kier alpha value is -3.10. The van der Waals surface area contributed by atoms with E-state index in [1.807, 2.05) is 35.2 Å². The Balaban J connectivity index is 1.17. The molecule has 3 aromatic rings. The van der Waals surface area contributed by atoms with Crippen molar-refractivity contribution in [2.24, 2.45) is 0 Å². The summed E-state index contributed by atoms with van der Waals surface area (Å²) >= 11 is 12.9. The van der Waals surface area contributed by atoms with E-state index in [2.05, 4.69) is 4.90 Å². The molecule has 2 fully saturated rings. The fourth-order valence-corrected chi connectivity index (χ4v) is 5.64. The summed E-state index contributed by atoms with van der Waals surface area (Å²) in [6, 6.07) is 22.1. The lowest BCUT2D eigenvalue weighted by Crippen LogP contribution is -2.48. The van der Waals surface area contributed by atoms with Crippen LogP contribution in [0.1, 0.15) is 27.0 Å². The summed E-state index contributed by atoms with van der Waals surface area (Å²) in [6.45, 7) is 3.93. The smallest absolute Gasteiger partial charge is 0.293 e. The second kappa shape index (κ2) is 11.7. The highest BCUT2D eigenvalue weighted by molar-refractivity contribution is 8.18. The quantitative estimate of drug-likeness (QED) is 0.333. The van der Waals surface area contributed by atoms with Gasteiger partial charge in [-0.15, -0.1) is 0 Å². The van der Waals surface area contributed by atoms with Crippen molar-refractivity contribution in [2.45, 2.75) is 13.1 Å². The van der Waals surface area contributed by atoms with E-state index in [0.717, 1.165) is 47.5 Å². The molecule has 0 saturated carbocycles. The number of amides is 3. The molecule has 194 valence electrons. The Bertz CT molecular complexity index is 1380. The van der Waals surface area contributed by atoms with Crippen molar-refractivity contribution in [3.05, 3.63) is 110 Å². The van der Waals surface area contributed by atoms with Crippen LogP contribution in [0, 0.1) is 0 Å². The zero-order valence-corrected chi connectivity index (χ0v) is 22.8. The number of carbonyl (C=O) groups excluding carboxylic acids is 3. The number of carbonyl (C=O) groups is 3. The van der Waals surface area contributed by atoms with Gasteiger partial charge in [0.15, 0.2) is 0 Å². The van der Waals surface area contributed by atoms with Crippen molar-refractivity contribution in [3.8, 4) is 0 Å². The maximum absolute atomic E-state index is 13.1. The van der Waals surface area contributed by atoms with Gasteiger partial charge < -0.3 is 4.90 Å². The lowest BCUT2D eigenvalue weighted by atomic mass is 10.1. The first-order valence-electron chi connectivity index (χ1n) is 12.2. The van der Waals surface area contributed by atoms with E-state index in [9.17, 15) is 14.4 Å². The number of hydrogen-bond donors (Lipinski definition) is 0. The molecule has 38 heavy (non-hydrogen) atoms. The Morgan fingerprint density at radius 1 is 0.816 bits per heavy atom. The largest absolute Gasteiger partial charge is 0.336 e. The van der Waals surface area contributed by atoms with E-state index in [4.69, 9.17) is 23.2 Å². The zero-order valence-electron chi connectivity index (χ0n) is 20.5. The van der Waals surface area contributed by atoms with Crippen LogP contribution in [0.3, 0.4) is 0 Å². The molecule has 2 aliphatic heterocycles. The van der Waals surface area contributed by atoms with E-state index in [1.165, 1.54) is 10.5 Å². The lowest BCUT2D eigenvalue weighted by molar-refractivity contribution is -0.123. The van der Waals surface area contributed by atoms with E-state index < -0.39 is 0 Å². The first kappa shape index (κ1) is 26.5. The third-order valence-electron chi connectivity index (χ3n) is 6.54. The molecule has 2 heterocycles. The number of nitrogens with zero attached hydrogens (tertiary/aromatic N) is 3. The van der Waals surface area contributed by atoms with Crippen molar-refractivity contribution in [2.75, 3.05) is 26.2 Å². The van der Waals surface area contributed by atoms with Crippen LogP contribution < -0.4 is 0 Å². The third kappa shape index (κ3) is 6.30. The van der Waals surface area contributed by atoms with Gasteiger partial charge in [-0.2, -0.15) is 0 Å². The summed E-state index contributed by atoms with van der Waals surface area (Å²) in [6.07, 6.45) is 1.69. The van der Waals surface area contributed by atoms with Gasteiger partial charge in [-0.05, 0) is 70.9 Å². The molecular weight excluding hydrogens is 541 g/mol. The van der Waals surface area contributed by atoms with Gasteiger partial charge in [0.1, 0.15) is 0 Å². The highest BCUT2D eigenvalue weighted by Gasteiger charge is 2.35. The Labute approximate surface area is 235 Å². The van der Waals surface area contributed by atoms with Gasteiger partial charge in [0.05, 0.1) is 11.4 Å². The van der Waals surface area contributed by atoms with E-state index in [0.29, 0.717) is 28.6 Å². The highest BCUT2D eigenvalue weighted by atomic mass is 35.5. The van der Waals surface area contributed by atoms with Crippen LogP contribution in [0.2, 0.25) is 10.0 Å². The predicted molar refractivity (Wildman–Crippen MR) is 152 cm³/mol. The van der Waals surface area contributed by atoms with Crippen LogP contribution in [0.5, 0.6) is 0 Å². The molecular formula is C29H25Cl2N3O3S. The topological polar surface area (TPSA) is 60.9 Å². The zero-order chi connectivity index (χ0) is 26.6. The van der Waals surface area contributed by atoms with Gasteiger partial charge in [0.25, 0.3) is 17.1 Å². The van der Waals surface area contributed by atoms with Crippen molar-refractivity contribution < 1.29 is 14.4 Å². The van der Waals surface area contributed by atoms with Gasteiger partial charge in [-0.25, -0.2) is 0 Å². The summed E-state index contributed by atoms with van der Waals surface area (Å²) in [5.41, 5.74) is 3.34. The fraction of sp³-hybridized carbons (Fsp3) is 0.207. The van der Waals surface area contributed by atoms with Gasteiger partial charge in [-0.1, -0.05) is 59.6 Å². The summed E-state index contributed by atoms with van der Waals surface area (Å²) < 4.78 is 0. The summed E-state index contributed by atoms with van der Waals surface area (Å²) in [4.78, 5) is 44.1. The maximum Gasteiger partial charge on any atom is 0.293 e. The van der Waals surface area contributed by atoms with Gasteiger partial charge in [0.2, 0.25) is 0 Å². The van der Waals surface area contributed by atoms with Gasteiger partial charge >= 0.3 is 0 Å². The fourth-order valence-electron chi connectivity index (χ4n) is 4.47. The number of thioether (sulfide) groups is 1. The van der Waals surface area contributed by atoms with Crippen molar-refractivity contribution in [1.82, 2.24) is 14.7 Å². The Morgan fingerprint density at radius 2 is 1.53 bits per heavy atom. The van der Waals surface area contributed by atoms with Crippen molar-refractivity contribution in [1.29, 1.82) is 0 Å². The van der Waals surface area contributed by atoms with Crippen LogP contribution in [0.4, 0.5) is 4.79 Å². The molecule has 0 spiro atoms. The molecule has 3 aromatic carbocycles. The molecule has 9 heteroatoms. The van der Waals surface area contributed by atoms with E-state index in [-0.39, 0.29) is 23.6 Å². The Kier molecular flexibility index (Phi) is 8.19. The minimum Gasteiger partial charge on any atom is -0.336 e. The molecule has 0 aromatic heterocycles. The molecule has 0 bridgehead atoms. The van der Waals surface area contributed by atoms with E-state index >= 15 is 0 Å². The number of halogens is 2. The molecule has 5 rings (SSSR count). The van der Waals surface area contributed by atoms with Gasteiger partial charge in [-0.3, -0.25) is 24.2 Å². The standard InChI is InChI=1S/C29H25Cl2N3O3S/c30-24-10-6-21(7-11-24)18-32-12-14-33(15-13-32)27(35)23-8-4-20(5-9-23)17-26-28(36)34(29(37)38-26)19-22-2-1-3-25(31)16-22/h1-11,16-17H,12-15,18-19H2/b26-17-. The summed E-state index contributed by atoms with van der Waals surface area (Å²) in [7, 11) is 0. The maximum atomic E-state index is 13.1. The van der Waals surface area contributed by atoms with Crippen LogP contribution in [0.15, 0.2) is 77.7 Å². The van der Waals surface area contributed by atoms with Crippen molar-refractivity contribution >= 4 is 58.1 Å². The molecule has 3 amide bonds. The molecule has 0 atom stereocenters. The first-order chi connectivity index (χ1) is 18.4. The second-order valence-corrected chi connectivity index (χ2v) is 11.1. The van der Waals surface area contributed by atoms with Gasteiger partial charge in [0, 0.05) is 48.3 Å². The SMILES string of the molecule is O=C(c1ccc(/C=C2\SC(=O)N(Cc3cccc(Cl)c3)C2=O)cc1)N1CCN(Cc2ccc(Cl)cc2)CC1. The summed E-state index contributed by atoms with van der Waals surface area (Å²) in [5, 5.41) is 0.965. The minimum atomic E-state index is -0.336. The van der Waals surface area contributed by atoms with Crippen LogP contribution >= 0.6 is 35.0 Å². The first-order valence-corrected chi connectivity index (χ1v) is 13.8. The second-order valence-electron chi connectivity index (χ2n) is 9.21. The monoisotopic (exact) mass is 565 g/mol. The number of benzene rings is 3. The average molecular weight is 567 g/mol. The normalized spacial score (nSPS) is 17.5. The predicted octanol–water partition coefficient (Wildman–Crippen LogP) is 6.19. The average Bonchev–Trinajstić information content (AvgIpc) is 3.18. The molecule has 0 radical (unpaired) electrons. The number of rotatable bonds is 6. The van der Waals surface area contributed by atoms with Crippen LogP contribution in [-0.4, -0.2) is 57.9 Å². The summed E-state index contributed by atoms with van der Waals surface area (Å²) in [5.74, 6) is -0.346. The Morgan fingerprint density at radius 3 is 2.21 bits per heavy atom. The lowest BCUT2D eigenvalue weighted by Gasteiger charge is -2.34. The molecule has 2 aliphatic rings. The highest BCUT2D eigenvalue weighted by Crippen LogP contribution is 2.33. The third-order valence-corrected chi connectivity index (χ3v) is 7.93. The van der Waals surface area contributed by atoms with Crippen LogP contribution in [0.25, 0.3) is 6.08 Å².